The maximum atomic E-state index is 13.1. The van der Waals surface area contributed by atoms with Crippen molar-refractivity contribution < 1.29 is 18.7 Å². The predicted molar refractivity (Wildman–Crippen MR) is 91.2 cm³/mol. The van der Waals surface area contributed by atoms with Crippen LogP contribution in [0.4, 0.5) is 19.1 Å². The lowest BCUT2D eigenvalue weighted by atomic mass is 10.2. The van der Waals surface area contributed by atoms with E-state index in [1.807, 2.05) is 0 Å². The first-order valence-corrected chi connectivity index (χ1v) is 8.70. The summed E-state index contributed by atoms with van der Waals surface area (Å²) in [5, 5.41) is 7.01. The summed E-state index contributed by atoms with van der Waals surface area (Å²) in [6, 6.07) is 5.49. The van der Waals surface area contributed by atoms with Crippen LogP contribution in [0.25, 0.3) is 0 Å². The molecule has 0 spiro atoms. The van der Waals surface area contributed by atoms with E-state index in [4.69, 9.17) is 4.74 Å². The molecule has 132 valence electrons. The topological polar surface area (TPSA) is 83.6 Å². The number of hydrogen-bond donors (Lipinski definition) is 2. The van der Waals surface area contributed by atoms with Crippen LogP contribution in [-0.4, -0.2) is 35.1 Å². The molecule has 1 aliphatic heterocycles. The number of thiazole rings is 1. The average molecular weight is 364 g/mol. The summed E-state index contributed by atoms with van der Waals surface area (Å²) in [5.41, 5.74) is 0.648. The molecule has 2 aromatic rings. The number of aromatic nitrogens is 1. The maximum absolute atomic E-state index is 13.1. The summed E-state index contributed by atoms with van der Waals surface area (Å²) in [4.78, 5) is 29.4. The van der Waals surface area contributed by atoms with E-state index in [9.17, 15) is 14.0 Å². The number of urea groups is 1. The smallest absolute Gasteiger partial charge is 0.390 e. The van der Waals surface area contributed by atoms with Crippen molar-refractivity contribution in [3.8, 4) is 5.88 Å². The van der Waals surface area contributed by atoms with Crippen LogP contribution in [0.2, 0.25) is 0 Å². The van der Waals surface area contributed by atoms with E-state index < -0.39 is 12.1 Å². The summed E-state index contributed by atoms with van der Waals surface area (Å²) in [7, 11) is 0. The number of hydrogen-bond acceptors (Lipinski definition) is 5. The van der Waals surface area contributed by atoms with E-state index in [0.717, 1.165) is 24.2 Å². The van der Waals surface area contributed by atoms with Crippen molar-refractivity contribution in [3.05, 3.63) is 41.0 Å². The first kappa shape index (κ1) is 17.2. The second-order valence-electron chi connectivity index (χ2n) is 5.49. The molecule has 0 bridgehead atoms. The molecule has 3 amide bonds. The monoisotopic (exact) mass is 364 g/mol. The quantitative estimate of drug-likeness (QED) is 0.873. The highest BCUT2D eigenvalue weighted by molar-refractivity contribution is 7.14. The highest BCUT2D eigenvalue weighted by atomic mass is 32.1. The highest BCUT2D eigenvalue weighted by Gasteiger charge is 2.20. The van der Waals surface area contributed by atoms with Crippen molar-refractivity contribution in [2.24, 2.45) is 0 Å². The normalized spacial score (nSPS) is 13.6. The lowest BCUT2D eigenvalue weighted by molar-refractivity contribution is 0.161. The van der Waals surface area contributed by atoms with Gasteiger partial charge in [0.05, 0.1) is 5.38 Å². The van der Waals surface area contributed by atoms with Gasteiger partial charge in [-0.2, -0.15) is 4.98 Å². The molecule has 7 nitrogen and oxygen atoms in total. The van der Waals surface area contributed by atoms with Gasteiger partial charge in [0, 0.05) is 19.6 Å². The number of nitrogens with one attached hydrogen (secondary N) is 2. The number of likely N-dealkylation sites (tertiary alicyclic amines) is 1. The van der Waals surface area contributed by atoms with Gasteiger partial charge < -0.3 is 15.0 Å². The Balaban J connectivity index is 1.47. The molecule has 25 heavy (non-hydrogen) atoms. The van der Waals surface area contributed by atoms with Crippen molar-refractivity contribution in [2.45, 2.75) is 19.4 Å². The Kier molecular flexibility index (Phi) is 5.44. The first-order valence-electron chi connectivity index (χ1n) is 7.82. The number of amides is 3. The van der Waals surface area contributed by atoms with Crippen molar-refractivity contribution in [2.75, 3.05) is 18.4 Å². The van der Waals surface area contributed by atoms with Gasteiger partial charge in [-0.1, -0.05) is 12.1 Å². The Bertz CT molecular complexity index is 761. The van der Waals surface area contributed by atoms with Gasteiger partial charge in [-0.05, 0) is 30.5 Å². The van der Waals surface area contributed by atoms with Gasteiger partial charge in [0.2, 0.25) is 5.88 Å². The van der Waals surface area contributed by atoms with Crippen LogP contribution in [0.5, 0.6) is 5.88 Å². The molecule has 1 fully saturated rings. The number of rotatable bonds is 4. The van der Waals surface area contributed by atoms with Gasteiger partial charge in [-0.25, -0.2) is 14.0 Å². The van der Waals surface area contributed by atoms with Crippen LogP contribution in [0.15, 0.2) is 29.6 Å². The zero-order chi connectivity index (χ0) is 17.6. The van der Waals surface area contributed by atoms with Crippen LogP contribution in [0, 0.1) is 5.82 Å². The third kappa shape index (κ3) is 4.90. The van der Waals surface area contributed by atoms with Crippen LogP contribution in [0.1, 0.15) is 18.4 Å². The lowest BCUT2D eigenvalue weighted by Gasteiger charge is -2.13. The van der Waals surface area contributed by atoms with Gasteiger partial charge in [0.1, 0.15) is 5.82 Å². The van der Waals surface area contributed by atoms with E-state index in [2.05, 4.69) is 15.6 Å². The fraction of sp³-hybridized carbons (Fsp3) is 0.312. The molecule has 1 aromatic carbocycles. The van der Waals surface area contributed by atoms with Gasteiger partial charge in [0.25, 0.3) is 0 Å². The molecule has 3 rings (SSSR count). The number of halogens is 1. The Morgan fingerprint density at radius 2 is 2.12 bits per heavy atom. The molecule has 1 aliphatic rings. The van der Waals surface area contributed by atoms with Crippen molar-refractivity contribution in [1.29, 1.82) is 0 Å². The first-order chi connectivity index (χ1) is 12.1. The van der Waals surface area contributed by atoms with Crippen molar-refractivity contribution in [1.82, 2.24) is 15.2 Å². The molecular weight excluding hydrogens is 347 g/mol. The number of anilines is 1. The predicted octanol–water partition coefficient (Wildman–Crippen LogP) is 3.20. The number of ether oxygens (including phenoxy) is 1. The van der Waals surface area contributed by atoms with Gasteiger partial charge >= 0.3 is 12.1 Å². The third-order valence-corrected chi connectivity index (χ3v) is 4.34. The van der Waals surface area contributed by atoms with Crippen LogP contribution >= 0.6 is 11.3 Å². The second-order valence-corrected chi connectivity index (χ2v) is 6.35. The number of benzene rings is 1. The summed E-state index contributed by atoms with van der Waals surface area (Å²) in [6.45, 7) is 1.57. The highest BCUT2D eigenvalue weighted by Crippen LogP contribution is 2.22. The van der Waals surface area contributed by atoms with Gasteiger partial charge in [-0.15, -0.1) is 11.3 Å². The minimum Gasteiger partial charge on any atom is -0.390 e. The molecule has 2 N–H and O–H groups in total. The average Bonchev–Trinajstić information content (AvgIpc) is 3.25. The molecular formula is C16H17FN4O3S. The molecule has 0 saturated carbocycles. The fourth-order valence-electron chi connectivity index (χ4n) is 2.39. The van der Waals surface area contributed by atoms with E-state index in [-0.39, 0.29) is 18.2 Å². The summed E-state index contributed by atoms with van der Waals surface area (Å²) in [5.74, 6) is -0.202. The van der Waals surface area contributed by atoms with Crippen LogP contribution in [0.3, 0.4) is 0 Å². The Labute approximate surface area is 147 Å². The van der Waals surface area contributed by atoms with E-state index in [0.29, 0.717) is 23.8 Å². The zero-order valence-corrected chi connectivity index (χ0v) is 14.1. The van der Waals surface area contributed by atoms with Gasteiger partial charge in [0.15, 0.2) is 5.13 Å². The molecule has 2 heterocycles. The molecule has 1 aromatic heterocycles. The molecule has 9 heteroatoms. The molecule has 1 saturated heterocycles. The summed E-state index contributed by atoms with van der Waals surface area (Å²) >= 11 is 1.15. The minimum absolute atomic E-state index is 0.155. The lowest BCUT2D eigenvalue weighted by Crippen LogP contribution is -2.30. The van der Waals surface area contributed by atoms with Crippen LogP contribution < -0.4 is 15.4 Å². The summed E-state index contributed by atoms with van der Waals surface area (Å²) < 4.78 is 18.3. The van der Waals surface area contributed by atoms with E-state index in [1.165, 1.54) is 12.1 Å². The van der Waals surface area contributed by atoms with Crippen molar-refractivity contribution in [3.63, 3.8) is 0 Å². The molecule has 0 radical (unpaired) electrons. The molecule has 0 atom stereocenters. The number of carbonyl (C=O) groups is 2. The minimum atomic E-state index is -0.476. The Morgan fingerprint density at radius 1 is 1.32 bits per heavy atom. The SMILES string of the molecule is O=C(NCc1cccc(F)c1)Nc1nc(OC(=O)N2CCCC2)cs1. The standard InChI is InChI=1S/C16H17FN4O3S/c17-12-5-3-4-11(8-12)9-18-14(22)20-15-19-13(10-25-15)24-16(23)21-6-1-2-7-21/h3-5,8,10H,1-2,6-7,9H2,(H2,18,19,20,22). The Morgan fingerprint density at radius 3 is 2.88 bits per heavy atom. The van der Waals surface area contributed by atoms with Crippen molar-refractivity contribution >= 4 is 28.6 Å². The van der Waals surface area contributed by atoms with Crippen LogP contribution in [-0.2, 0) is 6.54 Å². The zero-order valence-electron chi connectivity index (χ0n) is 13.3. The maximum Gasteiger partial charge on any atom is 0.416 e. The van der Waals surface area contributed by atoms with E-state index in [1.54, 1.807) is 22.4 Å². The van der Waals surface area contributed by atoms with E-state index >= 15 is 0 Å². The largest absolute Gasteiger partial charge is 0.416 e. The summed E-state index contributed by atoms with van der Waals surface area (Å²) in [6.07, 6.45) is 1.53. The third-order valence-electron chi connectivity index (χ3n) is 3.60. The second kappa shape index (κ2) is 7.93. The number of nitrogens with zero attached hydrogens (tertiary/aromatic N) is 2. The molecule has 0 unspecified atom stereocenters. The Hall–Kier alpha value is -2.68. The van der Waals surface area contributed by atoms with Gasteiger partial charge in [-0.3, -0.25) is 5.32 Å². The molecule has 0 aliphatic carbocycles. The fourth-order valence-corrected chi connectivity index (χ4v) is 3.00. The number of carbonyl (C=O) groups excluding carboxylic acids is 2.